The second-order valence-corrected chi connectivity index (χ2v) is 3.88. The minimum atomic E-state index is -1.20. The number of aliphatic hydroxyl groups is 2. The van der Waals surface area contributed by atoms with Crippen molar-refractivity contribution >= 4 is 5.91 Å². The quantitative estimate of drug-likeness (QED) is 0.590. The van der Waals surface area contributed by atoms with Crippen LogP contribution in [-0.2, 0) is 4.79 Å². The molecule has 0 heterocycles. The van der Waals surface area contributed by atoms with Gasteiger partial charge in [0.15, 0.2) is 11.5 Å². The van der Waals surface area contributed by atoms with E-state index in [-0.39, 0.29) is 24.0 Å². The Hall–Kier alpha value is -1.79. The first kappa shape index (κ1) is 14.3. The van der Waals surface area contributed by atoms with Gasteiger partial charge >= 0.3 is 0 Å². The maximum Gasteiger partial charge on any atom is 0.216 e. The van der Waals surface area contributed by atoms with Gasteiger partial charge in [0.25, 0.3) is 0 Å². The van der Waals surface area contributed by atoms with Gasteiger partial charge < -0.3 is 25.4 Å². The minimum Gasteiger partial charge on any atom is -0.504 e. The lowest BCUT2D eigenvalue weighted by Gasteiger charge is -2.19. The molecule has 1 aromatic rings. The molecule has 0 fully saturated rings. The molecule has 6 heteroatoms. The summed E-state index contributed by atoms with van der Waals surface area (Å²) in [5, 5.41) is 31.4. The van der Waals surface area contributed by atoms with E-state index in [2.05, 4.69) is 5.32 Å². The predicted molar refractivity (Wildman–Crippen MR) is 64.3 cm³/mol. The average Bonchev–Trinajstić information content (AvgIpc) is 2.34. The molecule has 0 bridgehead atoms. The molecule has 2 unspecified atom stereocenters. The molecule has 0 aromatic heterocycles. The SMILES string of the molecule is COc1ccc(C(O)C(O)CNC(C)=O)cc1O. The zero-order valence-electron chi connectivity index (χ0n) is 10.3. The highest BCUT2D eigenvalue weighted by molar-refractivity contribution is 5.72. The van der Waals surface area contributed by atoms with E-state index in [1.54, 1.807) is 0 Å². The number of carbonyl (C=O) groups is 1. The Labute approximate surface area is 105 Å². The van der Waals surface area contributed by atoms with Crippen LogP contribution < -0.4 is 10.1 Å². The van der Waals surface area contributed by atoms with Crippen LogP contribution in [-0.4, -0.2) is 41.0 Å². The van der Waals surface area contributed by atoms with Gasteiger partial charge in [0, 0.05) is 13.5 Å². The lowest BCUT2D eigenvalue weighted by Crippen LogP contribution is -2.34. The Morgan fingerprint density at radius 3 is 2.61 bits per heavy atom. The lowest BCUT2D eigenvalue weighted by atomic mass is 10.0. The number of nitrogens with one attached hydrogen (secondary N) is 1. The molecule has 0 spiro atoms. The number of carbonyl (C=O) groups excluding carboxylic acids is 1. The Morgan fingerprint density at radius 1 is 1.44 bits per heavy atom. The minimum absolute atomic E-state index is 0.0662. The van der Waals surface area contributed by atoms with Crippen LogP contribution in [0.25, 0.3) is 0 Å². The van der Waals surface area contributed by atoms with Gasteiger partial charge in [0.1, 0.15) is 12.2 Å². The Morgan fingerprint density at radius 2 is 2.11 bits per heavy atom. The monoisotopic (exact) mass is 255 g/mol. The highest BCUT2D eigenvalue weighted by Crippen LogP contribution is 2.29. The lowest BCUT2D eigenvalue weighted by molar-refractivity contribution is -0.119. The van der Waals surface area contributed by atoms with Crippen molar-refractivity contribution < 1.29 is 24.9 Å². The molecule has 1 rings (SSSR count). The van der Waals surface area contributed by atoms with Crippen LogP contribution in [0.5, 0.6) is 11.5 Å². The number of amides is 1. The molecule has 0 saturated carbocycles. The molecule has 0 radical (unpaired) electrons. The summed E-state index contributed by atoms with van der Waals surface area (Å²) in [6, 6.07) is 4.32. The Balaban J connectivity index is 2.74. The molecular formula is C12H17NO5. The Kier molecular flexibility index (Phi) is 4.94. The van der Waals surface area contributed by atoms with Crippen LogP contribution in [0.15, 0.2) is 18.2 Å². The van der Waals surface area contributed by atoms with E-state index in [0.29, 0.717) is 5.56 Å². The van der Waals surface area contributed by atoms with Gasteiger partial charge in [-0.3, -0.25) is 4.79 Å². The normalized spacial score (nSPS) is 13.8. The van der Waals surface area contributed by atoms with Crippen molar-refractivity contribution in [1.82, 2.24) is 5.32 Å². The largest absolute Gasteiger partial charge is 0.504 e. The van der Waals surface area contributed by atoms with Gasteiger partial charge in [-0.15, -0.1) is 0 Å². The van der Waals surface area contributed by atoms with Crippen LogP contribution in [0.3, 0.4) is 0 Å². The first-order valence-corrected chi connectivity index (χ1v) is 5.43. The molecule has 18 heavy (non-hydrogen) atoms. The zero-order valence-corrected chi connectivity index (χ0v) is 10.3. The number of phenols is 1. The Bertz CT molecular complexity index is 421. The average molecular weight is 255 g/mol. The number of hydrogen-bond acceptors (Lipinski definition) is 5. The maximum absolute atomic E-state index is 10.7. The number of benzene rings is 1. The van der Waals surface area contributed by atoms with Gasteiger partial charge in [0.2, 0.25) is 5.91 Å². The number of phenolic OH excluding ortho intramolecular Hbond substituents is 1. The van der Waals surface area contributed by atoms with Crippen LogP contribution in [0.4, 0.5) is 0 Å². The third kappa shape index (κ3) is 3.61. The number of ether oxygens (including phenoxy) is 1. The number of hydrogen-bond donors (Lipinski definition) is 4. The summed E-state index contributed by atoms with van der Waals surface area (Å²) >= 11 is 0. The van der Waals surface area contributed by atoms with E-state index in [9.17, 15) is 20.1 Å². The second-order valence-electron chi connectivity index (χ2n) is 3.88. The highest BCUT2D eigenvalue weighted by Gasteiger charge is 2.19. The number of aliphatic hydroxyl groups excluding tert-OH is 2. The summed E-state index contributed by atoms with van der Waals surface area (Å²) in [4.78, 5) is 10.7. The summed E-state index contributed by atoms with van der Waals surface area (Å²) in [6.07, 6.45) is -2.35. The molecule has 1 aromatic carbocycles. The molecule has 4 N–H and O–H groups in total. The van der Waals surface area contributed by atoms with E-state index in [1.807, 2.05) is 0 Å². The van der Waals surface area contributed by atoms with Crippen molar-refractivity contribution in [3.8, 4) is 11.5 Å². The van der Waals surface area contributed by atoms with Crippen molar-refractivity contribution in [3.05, 3.63) is 23.8 Å². The predicted octanol–water partition coefficient (Wildman–Crippen LogP) is -0.0688. The van der Waals surface area contributed by atoms with Crippen LogP contribution >= 0.6 is 0 Å². The zero-order chi connectivity index (χ0) is 13.7. The molecule has 0 aliphatic carbocycles. The summed E-state index contributed by atoms with van der Waals surface area (Å²) in [7, 11) is 1.41. The van der Waals surface area contributed by atoms with E-state index in [1.165, 1.54) is 32.2 Å². The van der Waals surface area contributed by atoms with Gasteiger partial charge in [-0.2, -0.15) is 0 Å². The molecule has 0 saturated heterocycles. The van der Waals surface area contributed by atoms with Crippen molar-refractivity contribution in [1.29, 1.82) is 0 Å². The second kappa shape index (κ2) is 6.23. The summed E-state index contributed by atoms with van der Waals surface area (Å²) in [5.74, 6) is -0.137. The number of aromatic hydroxyl groups is 1. The number of rotatable bonds is 5. The molecule has 0 aliphatic heterocycles. The van der Waals surface area contributed by atoms with Crippen LogP contribution in [0.2, 0.25) is 0 Å². The van der Waals surface area contributed by atoms with E-state index >= 15 is 0 Å². The van der Waals surface area contributed by atoms with Gasteiger partial charge in [-0.05, 0) is 17.7 Å². The first-order chi connectivity index (χ1) is 8.45. The fourth-order valence-corrected chi connectivity index (χ4v) is 1.47. The fourth-order valence-electron chi connectivity index (χ4n) is 1.47. The molecule has 0 aliphatic rings. The number of methoxy groups -OCH3 is 1. The topological polar surface area (TPSA) is 99.0 Å². The highest BCUT2D eigenvalue weighted by atomic mass is 16.5. The van der Waals surface area contributed by atoms with Gasteiger partial charge in [0.05, 0.1) is 7.11 Å². The first-order valence-electron chi connectivity index (χ1n) is 5.43. The molecular weight excluding hydrogens is 238 g/mol. The fraction of sp³-hybridized carbons (Fsp3) is 0.417. The van der Waals surface area contributed by atoms with E-state index < -0.39 is 12.2 Å². The summed E-state index contributed by atoms with van der Waals surface area (Å²) in [5.41, 5.74) is 0.339. The standard InChI is InChI=1S/C12H17NO5/c1-7(14)13-6-10(16)12(17)8-3-4-11(18-2)9(15)5-8/h3-5,10,12,15-17H,6H2,1-2H3,(H,13,14). The molecule has 1 amide bonds. The smallest absolute Gasteiger partial charge is 0.216 e. The summed E-state index contributed by atoms with van der Waals surface area (Å²) in [6.45, 7) is 1.25. The van der Waals surface area contributed by atoms with Crippen LogP contribution in [0, 0.1) is 0 Å². The van der Waals surface area contributed by atoms with Crippen molar-refractivity contribution in [2.45, 2.75) is 19.1 Å². The molecule has 100 valence electrons. The van der Waals surface area contributed by atoms with Crippen molar-refractivity contribution in [3.63, 3.8) is 0 Å². The third-order valence-electron chi connectivity index (χ3n) is 2.47. The van der Waals surface area contributed by atoms with E-state index in [0.717, 1.165) is 0 Å². The van der Waals surface area contributed by atoms with Crippen molar-refractivity contribution in [2.24, 2.45) is 0 Å². The van der Waals surface area contributed by atoms with E-state index in [4.69, 9.17) is 4.74 Å². The van der Waals surface area contributed by atoms with Gasteiger partial charge in [-0.1, -0.05) is 6.07 Å². The van der Waals surface area contributed by atoms with Crippen molar-refractivity contribution in [2.75, 3.05) is 13.7 Å². The summed E-state index contributed by atoms with van der Waals surface area (Å²) < 4.78 is 4.87. The van der Waals surface area contributed by atoms with Crippen LogP contribution in [0.1, 0.15) is 18.6 Å². The molecule has 2 atom stereocenters. The van der Waals surface area contributed by atoms with Gasteiger partial charge in [-0.25, -0.2) is 0 Å². The molecule has 6 nitrogen and oxygen atoms in total. The third-order valence-corrected chi connectivity index (χ3v) is 2.47. The maximum atomic E-state index is 10.7.